The van der Waals surface area contributed by atoms with E-state index in [1.165, 1.54) is 11.8 Å². The zero-order valence-corrected chi connectivity index (χ0v) is 14.1. The van der Waals surface area contributed by atoms with E-state index in [2.05, 4.69) is 29.7 Å². The minimum absolute atomic E-state index is 0.467. The summed E-state index contributed by atoms with van der Waals surface area (Å²) in [4.78, 5) is 13.2. The predicted molar refractivity (Wildman–Crippen MR) is 95.2 cm³/mol. The van der Waals surface area contributed by atoms with Gasteiger partial charge in [-0.25, -0.2) is 4.98 Å². The molecular formula is C18H14N6S. The second kappa shape index (κ2) is 5.93. The number of rotatable bonds is 4. The van der Waals surface area contributed by atoms with Crippen molar-refractivity contribution in [2.45, 2.75) is 29.1 Å². The highest BCUT2D eigenvalue weighted by molar-refractivity contribution is 7.99. The maximum atomic E-state index is 4.68. The van der Waals surface area contributed by atoms with Crippen molar-refractivity contribution in [1.82, 2.24) is 29.7 Å². The molecule has 0 radical (unpaired) electrons. The molecular weight excluding hydrogens is 332 g/mol. The van der Waals surface area contributed by atoms with Gasteiger partial charge in [-0.1, -0.05) is 12.1 Å². The van der Waals surface area contributed by atoms with E-state index in [4.69, 9.17) is 0 Å². The molecule has 0 spiro atoms. The van der Waals surface area contributed by atoms with Crippen LogP contribution >= 0.6 is 11.8 Å². The lowest BCUT2D eigenvalue weighted by atomic mass is 10.2. The third kappa shape index (κ3) is 2.76. The number of hydrogen-bond acceptors (Lipinski definition) is 6. The Morgan fingerprint density at radius 1 is 0.960 bits per heavy atom. The molecule has 1 saturated carbocycles. The summed E-state index contributed by atoms with van der Waals surface area (Å²) in [5.41, 5.74) is 2.82. The normalized spacial score (nSPS) is 14.1. The van der Waals surface area contributed by atoms with E-state index >= 15 is 0 Å². The highest BCUT2D eigenvalue weighted by atomic mass is 32.2. The van der Waals surface area contributed by atoms with Gasteiger partial charge in [0, 0.05) is 24.0 Å². The van der Waals surface area contributed by atoms with E-state index in [0.29, 0.717) is 6.04 Å². The summed E-state index contributed by atoms with van der Waals surface area (Å²) >= 11 is 1.51. The van der Waals surface area contributed by atoms with Crippen molar-refractivity contribution in [2.24, 2.45) is 0 Å². The van der Waals surface area contributed by atoms with Crippen LogP contribution in [0.15, 0.2) is 65.2 Å². The van der Waals surface area contributed by atoms with Crippen molar-refractivity contribution in [1.29, 1.82) is 0 Å². The van der Waals surface area contributed by atoms with Gasteiger partial charge in [-0.2, -0.15) is 0 Å². The second-order valence-corrected chi connectivity index (χ2v) is 6.93. The summed E-state index contributed by atoms with van der Waals surface area (Å²) < 4.78 is 2.22. The summed E-state index contributed by atoms with van der Waals surface area (Å²) in [6.07, 6.45) is 7.68. The summed E-state index contributed by atoms with van der Waals surface area (Å²) in [6.45, 7) is 0. The van der Waals surface area contributed by atoms with Gasteiger partial charge in [-0.15, -0.1) is 10.2 Å². The molecule has 0 atom stereocenters. The number of pyridine rings is 1. The van der Waals surface area contributed by atoms with Gasteiger partial charge in [0.05, 0.1) is 17.2 Å². The van der Waals surface area contributed by atoms with E-state index in [0.717, 1.165) is 45.4 Å². The minimum atomic E-state index is 0.467. The highest BCUT2D eigenvalue weighted by Gasteiger charge is 2.30. The predicted octanol–water partition coefficient (Wildman–Crippen LogP) is 3.77. The van der Waals surface area contributed by atoms with Gasteiger partial charge in [0.2, 0.25) is 0 Å². The van der Waals surface area contributed by atoms with Crippen LogP contribution in [0.4, 0.5) is 0 Å². The molecule has 0 saturated heterocycles. The zero-order valence-electron chi connectivity index (χ0n) is 13.3. The Morgan fingerprint density at radius 2 is 1.76 bits per heavy atom. The first-order valence-corrected chi connectivity index (χ1v) is 8.95. The first-order chi connectivity index (χ1) is 12.4. The van der Waals surface area contributed by atoms with Crippen LogP contribution in [-0.4, -0.2) is 29.7 Å². The third-order valence-corrected chi connectivity index (χ3v) is 5.00. The second-order valence-electron chi connectivity index (χ2n) is 5.94. The summed E-state index contributed by atoms with van der Waals surface area (Å²) in [6, 6.07) is 12.3. The molecule has 1 aliphatic rings. The Kier molecular flexibility index (Phi) is 3.45. The van der Waals surface area contributed by atoms with Crippen LogP contribution in [0, 0.1) is 0 Å². The minimum Gasteiger partial charge on any atom is -0.299 e. The van der Waals surface area contributed by atoms with Crippen LogP contribution in [0.5, 0.6) is 0 Å². The molecule has 5 rings (SSSR count). The van der Waals surface area contributed by atoms with Crippen LogP contribution in [0.1, 0.15) is 18.9 Å². The molecule has 25 heavy (non-hydrogen) atoms. The molecule has 3 aromatic heterocycles. The van der Waals surface area contributed by atoms with Gasteiger partial charge in [-0.3, -0.25) is 14.5 Å². The quantitative estimate of drug-likeness (QED) is 0.560. The molecule has 0 bridgehead atoms. The van der Waals surface area contributed by atoms with Gasteiger partial charge in [-0.05, 0) is 48.9 Å². The molecule has 1 aliphatic carbocycles. The smallest absolute Gasteiger partial charge is 0.198 e. The molecule has 0 N–H and O–H groups in total. The molecule has 0 amide bonds. The fraction of sp³-hybridized carbons (Fsp3) is 0.167. The van der Waals surface area contributed by atoms with Crippen molar-refractivity contribution in [3.8, 4) is 11.4 Å². The first kappa shape index (κ1) is 14.5. The summed E-state index contributed by atoms with van der Waals surface area (Å²) in [5.74, 6) is 0.890. The van der Waals surface area contributed by atoms with Gasteiger partial charge >= 0.3 is 0 Å². The van der Waals surface area contributed by atoms with Crippen molar-refractivity contribution in [2.75, 3.05) is 0 Å². The van der Waals surface area contributed by atoms with E-state index in [-0.39, 0.29) is 0 Å². The van der Waals surface area contributed by atoms with E-state index < -0.39 is 0 Å². The fourth-order valence-corrected chi connectivity index (χ4v) is 3.64. The number of fused-ring (bicyclic) bond motifs is 1. The Bertz CT molecular complexity index is 1040. The maximum Gasteiger partial charge on any atom is 0.198 e. The SMILES string of the molecule is c1ccc2nc(Sc3nnc(-c4ccncc4)n3C3CC3)cnc2c1. The van der Waals surface area contributed by atoms with Crippen LogP contribution < -0.4 is 0 Å². The average molecular weight is 346 g/mol. The van der Waals surface area contributed by atoms with Crippen LogP contribution in [0.25, 0.3) is 22.4 Å². The zero-order chi connectivity index (χ0) is 16.6. The first-order valence-electron chi connectivity index (χ1n) is 8.13. The maximum absolute atomic E-state index is 4.68. The lowest BCUT2D eigenvalue weighted by Gasteiger charge is -2.08. The van der Waals surface area contributed by atoms with Gasteiger partial charge < -0.3 is 0 Å². The topological polar surface area (TPSA) is 69.4 Å². The third-order valence-electron chi connectivity index (χ3n) is 4.14. The molecule has 1 fully saturated rings. The number of hydrogen-bond donors (Lipinski definition) is 0. The van der Waals surface area contributed by atoms with E-state index in [1.54, 1.807) is 18.6 Å². The van der Waals surface area contributed by atoms with Gasteiger partial charge in [0.25, 0.3) is 0 Å². The Balaban J connectivity index is 1.54. The Morgan fingerprint density at radius 3 is 2.56 bits per heavy atom. The largest absolute Gasteiger partial charge is 0.299 e. The van der Waals surface area contributed by atoms with Gasteiger partial charge in [0.1, 0.15) is 5.03 Å². The number of aromatic nitrogens is 6. The van der Waals surface area contributed by atoms with Gasteiger partial charge in [0.15, 0.2) is 11.0 Å². The molecule has 122 valence electrons. The molecule has 7 heteroatoms. The van der Waals surface area contributed by atoms with Crippen molar-refractivity contribution >= 4 is 22.8 Å². The Labute approximate surface area is 148 Å². The number of benzene rings is 1. The lowest BCUT2D eigenvalue weighted by molar-refractivity contribution is 0.668. The van der Waals surface area contributed by atoms with E-state index in [1.807, 2.05) is 36.4 Å². The molecule has 3 heterocycles. The van der Waals surface area contributed by atoms with E-state index in [9.17, 15) is 0 Å². The molecule has 0 unspecified atom stereocenters. The molecule has 0 aliphatic heterocycles. The summed E-state index contributed by atoms with van der Waals surface area (Å²) in [7, 11) is 0. The van der Waals surface area contributed by atoms with Crippen LogP contribution in [-0.2, 0) is 0 Å². The number of nitrogens with zero attached hydrogens (tertiary/aromatic N) is 6. The monoisotopic (exact) mass is 346 g/mol. The van der Waals surface area contributed by atoms with Crippen molar-refractivity contribution in [3.05, 3.63) is 55.0 Å². The Hall–Kier alpha value is -2.80. The average Bonchev–Trinajstić information content (AvgIpc) is 3.43. The van der Waals surface area contributed by atoms with Crippen LogP contribution in [0.3, 0.4) is 0 Å². The van der Waals surface area contributed by atoms with Crippen molar-refractivity contribution in [3.63, 3.8) is 0 Å². The number of para-hydroxylation sites is 2. The fourth-order valence-electron chi connectivity index (χ4n) is 2.79. The van der Waals surface area contributed by atoms with Crippen LogP contribution in [0.2, 0.25) is 0 Å². The standard InChI is InChI=1S/C18H14N6S/c1-2-4-15-14(3-1)20-11-16(21-15)25-18-23-22-17(24(18)13-5-6-13)12-7-9-19-10-8-12/h1-4,7-11,13H,5-6H2. The van der Waals surface area contributed by atoms with Crippen molar-refractivity contribution < 1.29 is 0 Å². The lowest BCUT2D eigenvalue weighted by Crippen LogP contribution is -2.00. The summed E-state index contributed by atoms with van der Waals surface area (Å²) in [5, 5.41) is 10.5. The molecule has 1 aromatic carbocycles. The molecule has 6 nitrogen and oxygen atoms in total. The molecule has 4 aromatic rings. The highest BCUT2D eigenvalue weighted by Crippen LogP contribution is 2.42.